The van der Waals surface area contributed by atoms with Crippen LogP contribution in [0, 0.1) is 5.41 Å². The van der Waals surface area contributed by atoms with Crippen molar-refractivity contribution >= 4 is 81.4 Å². The maximum atomic E-state index is 5.86. The van der Waals surface area contributed by atoms with Gasteiger partial charge in [-0.15, -0.1) is 0 Å². The standard InChI is InChI=1S/CH4N2.2HI.Pb.Sn/c2-1-3;;;;/h1H,(H3,2,3);2*1H;;/q;;;+2;/p-2. The molecule has 0 aliphatic heterocycles. The molecule has 0 amide bonds. The van der Waals surface area contributed by atoms with E-state index in [4.69, 9.17) is 5.41 Å². The van der Waals surface area contributed by atoms with Gasteiger partial charge >= 0.3 is 51.2 Å². The van der Waals surface area contributed by atoms with Gasteiger partial charge in [-0.25, -0.2) is 0 Å². The van der Waals surface area contributed by atoms with Gasteiger partial charge in [0.2, 0.25) is 0 Å². The van der Waals surface area contributed by atoms with Gasteiger partial charge in [0.25, 0.3) is 0 Å². The molecule has 0 spiro atoms. The summed E-state index contributed by atoms with van der Waals surface area (Å²) in [5, 5.41) is 5.86. The summed E-state index contributed by atoms with van der Waals surface area (Å²) in [6.07, 6.45) is 0.750. The molecule has 0 bridgehead atoms. The number of rotatable bonds is 0. The van der Waals surface area contributed by atoms with Crippen LogP contribution >= 0.6 is 35.5 Å². The van der Waals surface area contributed by atoms with Crippen molar-refractivity contribution in [1.29, 1.82) is 5.41 Å². The van der Waals surface area contributed by atoms with Gasteiger partial charge in [-0.3, -0.25) is 5.41 Å². The van der Waals surface area contributed by atoms with E-state index in [9.17, 15) is 0 Å². The first-order valence-corrected chi connectivity index (χ1v) is 22.9. The molecule has 0 saturated carbocycles. The van der Waals surface area contributed by atoms with Gasteiger partial charge in [-0.2, -0.15) is 0 Å². The second-order valence-corrected chi connectivity index (χ2v) is 28.4. The van der Waals surface area contributed by atoms with E-state index in [0.717, 1.165) is 6.34 Å². The van der Waals surface area contributed by atoms with E-state index < -0.39 is 0 Å². The SMILES string of the molecule is N=CN.[I][Pb][I].[Sn]. The molecule has 0 aromatic heterocycles. The van der Waals surface area contributed by atoms with E-state index in [1.165, 1.54) is 0 Å². The predicted molar refractivity (Wildman–Crippen MR) is 52.5 cm³/mol. The maximum absolute atomic E-state index is 5.86. The molecule has 0 fully saturated rings. The zero-order chi connectivity index (χ0) is 5.41. The van der Waals surface area contributed by atoms with Gasteiger partial charge in [-0.1, -0.05) is 0 Å². The molecule has 6 radical (unpaired) electrons. The van der Waals surface area contributed by atoms with Crippen LogP contribution in [0.2, 0.25) is 0 Å². The Labute approximate surface area is 90.3 Å². The summed E-state index contributed by atoms with van der Waals surface area (Å²) in [5.41, 5.74) is 4.39. The van der Waals surface area contributed by atoms with Crippen LogP contribution in [0.4, 0.5) is 0 Å². The Morgan fingerprint density at radius 2 is 1.57 bits per heavy atom. The number of halogens is 2. The summed E-state index contributed by atoms with van der Waals surface area (Å²) in [7, 11) is 0. The number of hydrogen-bond acceptors (Lipinski definition) is 1. The van der Waals surface area contributed by atoms with E-state index in [2.05, 4.69) is 41.3 Å². The van der Waals surface area contributed by atoms with Crippen molar-refractivity contribution in [2.75, 3.05) is 0 Å². The summed E-state index contributed by atoms with van der Waals surface area (Å²) in [6.45, 7) is 0. The minimum atomic E-state index is 0. The van der Waals surface area contributed by atoms with Gasteiger partial charge in [-0.05, 0) is 0 Å². The Kier molecular flexibility index (Phi) is 54.6. The molecule has 0 aromatic rings. The smallest absolute Gasteiger partial charge is 0 e. The molecule has 0 aliphatic carbocycles. The van der Waals surface area contributed by atoms with Gasteiger partial charge in [0.15, 0.2) is 0 Å². The minimum absolute atomic E-state index is 0. The normalized spacial score (nSPS) is 4.29. The zero-order valence-electron chi connectivity index (χ0n) is 3.41. The molecule has 2 nitrogen and oxygen atoms in total. The second kappa shape index (κ2) is 23.4. The monoisotopic (exact) mass is 626 g/mol. The van der Waals surface area contributed by atoms with Crippen molar-refractivity contribution in [3.63, 3.8) is 0 Å². The maximum Gasteiger partial charge on any atom is 0 e. The van der Waals surface area contributed by atoms with Crippen LogP contribution in [0.1, 0.15) is 0 Å². The fourth-order valence-electron chi connectivity index (χ4n) is 0. The van der Waals surface area contributed by atoms with Crippen molar-refractivity contribution in [3.05, 3.63) is 0 Å². The van der Waals surface area contributed by atoms with Crippen LogP contribution in [-0.4, -0.2) is 45.9 Å². The van der Waals surface area contributed by atoms with Crippen molar-refractivity contribution in [3.8, 4) is 0 Å². The molecule has 0 saturated heterocycles. The summed E-state index contributed by atoms with van der Waals surface area (Å²) in [5.74, 6) is 0. The Balaban J connectivity index is -0.0000000400. The Hall–Kier alpha value is 2.65. The third kappa shape index (κ3) is 54.5. The first kappa shape index (κ1) is 16.3. The first-order chi connectivity index (χ1) is 2.83. The molecule has 0 rings (SSSR count). The third-order valence-electron chi connectivity index (χ3n) is 0. The quantitative estimate of drug-likeness (QED) is 0.176. The van der Waals surface area contributed by atoms with Crippen LogP contribution in [0.5, 0.6) is 0 Å². The molecule has 6 heteroatoms. The molecule has 0 aromatic carbocycles. The molecule has 0 aliphatic rings. The Morgan fingerprint density at radius 1 is 1.57 bits per heavy atom. The fraction of sp³-hybridized carbons (Fsp3) is 0. The summed E-state index contributed by atoms with van der Waals surface area (Å²) in [4.78, 5) is 0. The average molecular weight is 624 g/mol. The molecule has 3 N–H and O–H groups in total. The van der Waals surface area contributed by atoms with Crippen molar-refractivity contribution in [1.82, 2.24) is 0 Å². The van der Waals surface area contributed by atoms with Crippen LogP contribution < -0.4 is 5.73 Å². The summed E-state index contributed by atoms with van der Waals surface area (Å²) < 4.78 is 0. The first-order valence-electron chi connectivity index (χ1n) is 1.000. The van der Waals surface area contributed by atoms with Crippen LogP contribution in [0.15, 0.2) is 0 Å². The topological polar surface area (TPSA) is 49.9 Å². The minimum Gasteiger partial charge on any atom is 0 e. The van der Waals surface area contributed by atoms with Gasteiger partial charge in [0.05, 0.1) is 6.34 Å². The van der Waals surface area contributed by atoms with Gasteiger partial charge < -0.3 is 5.73 Å². The fourth-order valence-corrected chi connectivity index (χ4v) is 0. The van der Waals surface area contributed by atoms with Gasteiger partial charge in [0, 0.05) is 23.9 Å². The number of nitrogens with one attached hydrogen (secondary N) is 1. The van der Waals surface area contributed by atoms with E-state index in [0.29, 0.717) is 0 Å². The van der Waals surface area contributed by atoms with E-state index >= 15 is 0 Å². The van der Waals surface area contributed by atoms with Crippen molar-refractivity contribution in [2.24, 2.45) is 5.73 Å². The summed E-state index contributed by atoms with van der Waals surface area (Å²) >= 11 is 4.96. The zero-order valence-corrected chi connectivity index (χ0v) is 14.5. The van der Waals surface area contributed by atoms with Crippen molar-refractivity contribution in [2.45, 2.75) is 0 Å². The van der Waals surface area contributed by atoms with Crippen LogP contribution in [0.3, 0.4) is 0 Å². The Bertz CT molecular complexity index is 29.7. The predicted octanol–water partition coefficient (Wildman–Crippen LogP) is 0.562. The largest absolute Gasteiger partial charge is 0 e. The molecule has 0 unspecified atom stereocenters. The molecular weight excluding hydrogens is 620 g/mol. The molecule has 40 valence electrons. The number of hydrogen-bond donors (Lipinski definition) is 2. The second-order valence-electron chi connectivity index (χ2n) is 0.238. The van der Waals surface area contributed by atoms with Gasteiger partial charge in [0.1, 0.15) is 0 Å². The summed E-state index contributed by atoms with van der Waals surface area (Å²) in [6, 6.07) is 0. The van der Waals surface area contributed by atoms with E-state index in [-0.39, 0.29) is 39.6 Å². The average Bonchev–Trinajstić information content (AvgIpc) is 1.39. The molecule has 7 heavy (non-hydrogen) atoms. The van der Waals surface area contributed by atoms with Crippen LogP contribution in [-0.2, 0) is 0 Å². The van der Waals surface area contributed by atoms with E-state index in [1.807, 2.05) is 0 Å². The Morgan fingerprint density at radius 3 is 1.57 bits per heavy atom. The molecular formula is CH4I2N2PbSn. The number of nitrogens with two attached hydrogens (primary N) is 1. The van der Waals surface area contributed by atoms with E-state index in [1.54, 1.807) is 0 Å². The van der Waals surface area contributed by atoms with Crippen LogP contribution in [0.25, 0.3) is 0 Å². The third-order valence-corrected chi connectivity index (χ3v) is 0. The molecule has 0 heterocycles. The van der Waals surface area contributed by atoms with Crippen molar-refractivity contribution < 1.29 is 0 Å². The molecule has 0 atom stereocenters.